The van der Waals surface area contributed by atoms with Crippen LogP contribution in [0.4, 0.5) is 0 Å². The van der Waals surface area contributed by atoms with Crippen LogP contribution < -0.4 is 5.32 Å². The Hall–Kier alpha value is -0.710. The first-order valence-electron chi connectivity index (χ1n) is 7.79. The number of carbonyl (C=O) groups excluding carboxylic acids is 2. The molecule has 114 valence electrons. The Morgan fingerprint density at radius 3 is 2.65 bits per heavy atom. The van der Waals surface area contributed by atoms with Crippen LogP contribution in [0, 0.1) is 0 Å². The van der Waals surface area contributed by atoms with Crippen LogP contribution >= 0.6 is 11.8 Å². The van der Waals surface area contributed by atoms with Crippen LogP contribution in [0.15, 0.2) is 0 Å². The molecule has 2 amide bonds. The van der Waals surface area contributed by atoms with Gasteiger partial charge in [0.15, 0.2) is 0 Å². The van der Waals surface area contributed by atoms with Crippen LogP contribution in [0.2, 0.25) is 0 Å². The van der Waals surface area contributed by atoms with Crippen molar-refractivity contribution < 1.29 is 9.59 Å². The van der Waals surface area contributed by atoms with E-state index in [1.54, 1.807) is 0 Å². The third-order valence-electron chi connectivity index (χ3n) is 4.49. The lowest BCUT2D eigenvalue weighted by Gasteiger charge is -2.46. The van der Waals surface area contributed by atoms with Gasteiger partial charge in [0.2, 0.25) is 11.8 Å². The van der Waals surface area contributed by atoms with Crippen molar-refractivity contribution in [1.29, 1.82) is 0 Å². The third kappa shape index (κ3) is 3.30. The molecule has 1 atom stereocenters. The van der Waals surface area contributed by atoms with Gasteiger partial charge in [0.25, 0.3) is 0 Å². The fourth-order valence-electron chi connectivity index (χ4n) is 3.27. The van der Waals surface area contributed by atoms with E-state index in [1.807, 2.05) is 16.7 Å². The number of nitrogens with zero attached hydrogens (tertiary/aromatic N) is 1. The number of hydrogen-bond donors (Lipinski definition) is 1. The summed E-state index contributed by atoms with van der Waals surface area (Å²) in [7, 11) is 0. The third-order valence-corrected chi connectivity index (χ3v) is 5.42. The summed E-state index contributed by atoms with van der Waals surface area (Å²) in [6.45, 7) is 4.45. The molecular weight excluding hydrogens is 272 g/mol. The van der Waals surface area contributed by atoms with E-state index in [4.69, 9.17) is 0 Å². The Morgan fingerprint density at radius 1 is 1.30 bits per heavy atom. The van der Waals surface area contributed by atoms with Crippen LogP contribution in [0.25, 0.3) is 0 Å². The molecule has 4 nitrogen and oxygen atoms in total. The lowest BCUT2D eigenvalue weighted by molar-refractivity contribution is -0.153. The molecule has 0 bridgehead atoms. The first-order valence-corrected chi connectivity index (χ1v) is 8.94. The zero-order chi connectivity index (χ0) is 14.6. The minimum absolute atomic E-state index is 0.0153. The van der Waals surface area contributed by atoms with E-state index in [2.05, 4.69) is 19.2 Å². The maximum Gasteiger partial charge on any atom is 0.249 e. The van der Waals surface area contributed by atoms with E-state index in [0.29, 0.717) is 0 Å². The second-order valence-corrected chi connectivity index (χ2v) is 7.35. The van der Waals surface area contributed by atoms with Crippen LogP contribution in [-0.2, 0) is 9.59 Å². The highest BCUT2D eigenvalue weighted by molar-refractivity contribution is 7.99. The summed E-state index contributed by atoms with van der Waals surface area (Å²) in [6, 6.07) is 0.159. The van der Waals surface area contributed by atoms with Gasteiger partial charge in [-0.2, -0.15) is 11.8 Å². The number of carbonyl (C=O) groups is 2. The SMILES string of the molecule is CCSCCC(C)N1CC(=O)NC2(CCCCC2)C1=O. The second kappa shape index (κ2) is 6.83. The number of hydrogen-bond acceptors (Lipinski definition) is 3. The van der Waals surface area contributed by atoms with Crippen molar-refractivity contribution in [2.24, 2.45) is 0 Å². The molecule has 1 aliphatic heterocycles. The molecule has 2 rings (SSSR count). The fourth-order valence-corrected chi connectivity index (χ4v) is 4.06. The Morgan fingerprint density at radius 2 is 2.00 bits per heavy atom. The number of nitrogens with one attached hydrogen (secondary N) is 1. The van der Waals surface area contributed by atoms with Crippen molar-refractivity contribution >= 4 is 23.6 Å². The highest BCUT2D eigenvalue weighted by Gasteiger charge is 2.47. The van der Waals surface area contributed by atoms with E-state index in [9.17, 15) is 9.59 Å². The summed E-state index contributed by atoms with van der Waals surface area (Å²) in [4.78, 5) is 26.7. The average molecular weight is 298 g/mol. The molecule has 2 fully saturated rings. The van der Waals surface area contributed by atoms with Gasteiger partial charge >= 0.3 is 0 Å². The van der Waals surface area contributed by atoms with Gasteiger partial charge in [-0.3, -0.25) is 9.59 Å². The standard InChI is InChI=1S/C15H26N2O2S/c1-3-20-10-7-12(2)17-11-13(18)16-15(14(17)19)8-5-4-6-9-15/h12H,3-11H2,1-2H3,(H,16,18). The zero-order valence-corrected chi connectivity index (χ0v) is 13.4. The molecule has 2 aliphatic rings. The summed E-state index contributed by atoms with van der Waals surface area (Å²) in [6.07, 6.45) is 5.84. The summed E-state index contributed by atoms with van der Waals surface area (Å²) in [5.41, 5.74) is -0.584. The first-order chi connectivity index (χ1) is 9.59. The molecule has 0 aromatic rings. The summed E-state index contributed by atoms with van der Waals surface area (Å²) in [5.74, 6) is 2.33. The van der Waals surface area contributed by atoms with E-state index < -0.39 is 5.54 Å². The minimum Gasteiger partial charge on any atom is -0.340 e. The van der Waals surface area contributed by atoms with Crippen LogP contribution in [0.3, 0.4) is 0 Å². The van der Waals surface area contributed by atoms with Gasteiger partial charge in [0, 0.05) is 6.04 Å². The van der Waals surface area contributed by atoms with Gasteiger partial charge in [-0.15, -0.1) is 0 Å². The topological polar surface area (TPSA) is 49.4 Å². The number of piperazine rings is 1. The van der Waals surface area contributed by atoms with Crippen molar-refractivity contribution in [3.63, 3.8) is 0 Å². The Bertz CT molecular complexity index is 367. The molecule has 1 saturated carbocycles. The molecule has 5 heteroatoms. The van der Waals surface area contributed by atoms with E-state index in [1.165, 1.54) is 6.42 Å². The summed E-state index contributed by atoms with van der Waals surface area (Å²) < 4.78 is 0. The lowest BCUT2D eigenvalue weighted by Crippen LogP contribution is -2.68. The molecule has 1 heterocycles. The van der Waals surface area contributed by atoms with Crippen LogP contribution in [-0.4, -0.2) is 46.3 Å². The predicted octanol–water partition coefficient (Wildman–Crippen LogP) is 2.18. The first kappa shape index (κ1) is 15.7. The van der Waals surface area contributed by atoms with Crippen molar-refractivity contribution in [3.8, 4) is 0 Å². The Balaban J connectivity index is 2.04. The largest absolute Gasteiger partial charge is 0.340 e. The molecule has 20 heavy (non-hydrogen) atoms. The molecule has 0 aromatic carbocycles. The number of thioether (sulfide) groups is 1. The zero-order valence-electron chi connectivity index (χ0n) is 12.6. The number of rotatable bonds is 5. The Kier molecular flexibility index (Phi) is 5.35. The van der Waals surface area contributed by atoms with Gasteiger partial charge in [-0.05, 0) is 37.7 Å². The second-order valence-electron chi connectivity index (χ2n) is 5.96. The van der Waals surface area contributed by atoms with Crippen molar-refractivity contribution in [2.75, 3.05) is 18.1 Å². The van der Waals surface area contributed by atoms with Gasteiger partial charge < -0.3 is 10.2 Å². The fraction of sp³-hybridized carbons (Fsp3) is 0.867. The monoisotopic (exact) mass is 298 g/mol. The van der Waals surface area contributed by atoms with Crippen molar-refractivity contribution in [1.82, 2.24) is 10.2 Å². The van der Waals surface area contributed by atoms with E-state index in [0.717, 1.165) is 43.6 Å². The molecule has 0 aromatic heterocycles. The molecule has 1 unspecified atom stereocenters. The van der Waals surface area contributed by atoms with Gasteiger partial charge in [-0.1, -0.05) is 26.2 Å². The molecule has 1 saturated heterocycles. The molecule has 1 aliphatic carbocycles. The van der Waals surface area contributed by atoms with Gasteiger partial charge in [-0.25, -0.2) is 0 Å². The molecular formula is C15H26N2O2S. The van der Waals surface area contributed by atoms with Gasteiger partial charge in [0.05, 0.1) is 6.54 Å². The Labute approximate surface area is 126 Å². The van der Waals surface area contributed by atoms with Crippen LogP contribution in [0.1, 0.15) is 52.4 Å². The minimum atomic E-state index is -0.584. The highest BCUT2D eigenvalue weighted by Crippen LogP contribution is 2.32. The molecule has 0 radical (unpaired) electrons. The maximum absolute atomic E-state index is 12.8. The smallest absolute Gasteiger partial charge is 0.249 e. The quantitative estimate of drug-likeness (QED) is 0.792. The predicted molar refractivity (Wildman–Crippen MR) is 82.7 cm³/mol. The van der Waals surface area contributed by atoms with Gasteiger partial charge in [0.1, 0.15) is 5.54 Å². The van der Waals surface area contributed by atoms with Crippen molar-refractivity contribution in [3.05, 3.63) is 0 Å². The molecule has 1 spiro atoms. The summed E-state index contributed by atoms with van der Waals surface area (Å²) >= 11 is 1.89. The van der Waals surface area contributed by atoms with E-state index in [-0.39, 0.29) is 24.4 Å². The average Bonchev–Trinajstić information content (AvgIpc) is 2.44. The highest BCUT2D eigenvalue weighted by atomic mass is 32.2. The lowest BCUT2D eigenvalue weighted by atomic mass is 9.79. The van der Waals surface area contributed by atoms with Crippen molar-refractivity contribution in [2.45, 2.75) is 64.0 Å². The van der Waals surface area contributed by atoms with Crippen LogP contribution in [0.5, 0.6) is 0 Å². The van der Waals surface area contributed by atoms with E-state index >= 15 is 0 Å². The normalized spacial score (nSPS) is 23.8. The summed E-state index contributed by atoms with van der Waals surface area (Å²) in [5, 5.41) is 3.00. The molecule has 1 N–H and O–H groups in total. The number of amides is 2. The maximum atomic E-state index is 12.8.